The maximum Gasteiger partial charge on any atom is 0.222 e. The zero-order valence-corrected chi connectivity index (χ0v) is 16.7. The Kier molecular flexibility index (Phi) is 10.4. The van der Waals surface area contributed by atoms with Crippen LogP contribution in [0.2, 0.25) is 0 Å². The first kappa shape index (κ1) is 21.0. The Balaban J connectivity index is 0.00000312. The molecule has 6 nitrogen and oxygen atoms in total. The molecule has 0 spiro atoms. The number of guanidine groups is 1. The largest absolute Gasteiger partial charge is 0.467 e. The number of carbonyl (C=O) groups excluding carboxylic acids is 1. The zero-order chi connectivity index (χ0) is 17.0. The van der Waals surface area contributed by atoms with Crippen LogP contribution < -0.4 is 16.0 Å². The first-order valence-corrected chi connectivity index (χ1v) is 8.13. The number of furan rings is 1. The molecule has 0 radical (unpaired) electrons. The van der Waals surface area contributed by atoms with Gasteiger partial charge >= 0.3 is 0 Å². The molecule has 0 unspecified atom stereocenters. The Morgan fingerprint density at radius 1 is 1.08 bits per heavy atom. The molecule has 3 N–H and O–H groups in total. The third kappa shape index (κ3) is 8.57. The molecule has 136 valence electrons. The van der Waals surface area contributed by atoms with Gasteiger partial charge < -0.3 is 20.4 Å². The molecule has 0 aliphatic carbocycles. The molecule has 0 saturated carbocycles. The van der Waals surface area contributed by atoms with Crippen molar-refractivity contribution in [2.75, 3.05) is 13.1 Å². The number of benzene rings is 1. The van der Waals surface area contributed by atoms with Gasteiger partial charge in [0.1, 0.15) is 12.3 Å². The van der Waals surface area contributed by atoms with Crippen molar-refractivity contribution in [1.82, 2.24) is 16.0 Å². The average Bonchev–Trinajstić information content (AvgIpc) is 3.12. The Morgan fingerprint density at radius 2 is 1.88 bits per heavy atom. The van der Waals surface area contributed by atoms with Gasteiger partial charge in [-0.15, -0.1) is 24.0 Å². The molecule has 2 rings (SSSR count). The number of amides is 1. The standard InChI is InChI=1S/C18H24N4O2.HI/c1-2-19-18(22-14-16-9-6-12-24-16)20-11-10-17(23)21-13-15-7-4-3-5-8-15;/h3-9,12H,2,10-11,13-14H2,1H3,(H,21,23)(H2,19,20,22);1H. The SMILES string of the molecule is CCNC(=NCc1ccco1)NCCC(=O)NCc1ccccc1.I. The second-order valence-corrected chi connectivity index (χ2v) is 5.21. The summed E-state index contributed by atoms with van der Waals surface area (Å²) in [6, 6.07) is 13.6. The second-order valence-electron chi connectivity index (χ2n) is 5.21. The fourth-order valence-electron chi connectivity index (χ4n) is 2.08. The van der Waals surface area contributed by atoms with Crippen molar-refractivity contribution >= 4 is 35.8 Å². The van der Waals surface area contributed by atoms with Gasteiger partial charge in [0.2, 0.25) is 5.91 Å². The molecule has 1 aromatic heterocycles. The number of hydrogen-bond acceptors (Lipinski definition) is 3. The van der Waals surface area contributed by atoms with Gasteiger partial charge in [-0.1, -0.05) is 30.3 Å². The van der Waals surface area contributed by atoms with Crippen LogP contribution in [-0.2, 0) is 17.9 Å². The molecule has 1 heterocycles. The number of aliphatic imine (C=N–C) groups is 1. The maximum atomic E-state index is 11.9. The van der Waals surface area contributed by atoms with Gasteiger partial charge in [-0.25, -0.2) is 4.99 Å². The van der Waals surface area contributed by atoms with Crippen LogP contribution in [0.1, 0.15) is 24.7 Å². The Labute approximate surface area is 165 Å². The van der Waals surface area contributed by atoms with Gasteiger partial charge in [0.05, 0.1) is 6.26 Å². The molecule has 0 aliphatic heterocycles. The summed E-state index contributed by atoms with van der Waals surface area (Å²) in [4.78, 5) is 16.3. The van der Waals surface area contributed by atoms with Gasteiger partial charge in [0, 0.05) is 26.1 Å². The smallest absolute Gasteiger partial charge is 0.222 e. The normalized spacial score (nSPS) is 10.7. The lowest BCUT2D eigenvalue weighted by molar-refractivity contribution is -0.121. The molecule has 25 heavy (non-hydrogen) atoms. The van der Waals surface area contributed by atoms with E-state index in [2.05, 4.69) is 20.9 Å². The highest BCUT2D eigenvalue weighted by Gasteiger charge is 2.03. The van der Waals surface area contributed by atoms with E-state index in [4.69, 9.17) is 4.42 Å². The maximum absolute atomic E-state index is 11.9. The summed E-state index contributed by atoms with van der Waals surface area (Å²) in [5, 5.41) is 9.20. The summed E-state index contributed by atoms with van der Waals surface area (Å²) in [6.45, 7) is 4.28. The van der Waals surface area contributed by atoms with Gasteiger partial charge in [-0.05, 0) is 24.6 Å². The Hall–Kier alpha value is -2.03. The van der Waals surface area contributed by atoms with E-state index in [1.165, 1.54) is 0 Å². The van der Waals surface area contributed by atoms with E-state index in [-0.39, 0.29) is 29.9 Å². The van der Waals surface area contributed by atoms with Crippen molar-refractivity contribution in [2.45, 2.75) is 26.4 Å². The number of rotatable bonds is 8. The molecule has 0 fully saturated rings. The van der Waals surface area contributed by atoms with E-state index in [0.717, 1.165) is 17.9 Å². The number of nitrogens with one attached hydrogen (secondary N) is 3. The van der Waals surface area contributed by atoms with Crippen LogP contribution in [0.5, 0.6) is 0 Å². The summed E-state index contributed by atoms with van der Waals surface area (Å²) < 4.78 is 5.25. The summed E-state index contributed by atoms with van der Waals surface area (Å²) >= 11 is 0. The third-order valence-corrected chi connectivity index (χ3v) is 3.29. The number of hydrogen-bond donors (Lipinski definition) is 3. The highest BCUT2D eigenvalue weighted by atomic mass is 127. The molecule has 7 heteroatoms. The summed E-state index contributed by atoms with van der Waals surface area (Å²) in [7, 11) is 0. The predicted octanol–water partition coefficient (Wildman–Crippen LogP) is 2.66. The van der Waals surface area contributed by atoms with Crippen LogP contribution in [0.4, 0.5) is 0 Å². The van der Waals surface area contributed by atoms with Gasteiger partial charge in [-0.3, -0.25) is 4.79 Å². The molecule has 1 aromatic carbocycles. The first-order valence-electron chi connectivity index (χ1n) is 8.13. The van der Waals surface area contributed by atoms with Crippen LogP contribution in [0.3, 0.4) is 0 Å². The van der Waals surface area contributed by atoms with Crippen LogP contribution in [0.25, 0.3) is 0 Å². The minimum atomic E-state index is 0. The summed E-state index contributed by atoms with van der Waals surface area (Å²) in [5.41, 5.74) is 1.09. The van der Waals surface area contributed by atoms with E-state index in [9.17, 15) is 4.79 Å². The fourth-order valence-corrected chi connectivity index (χ4v) is 2.08. The molecule has 0 saturated heterocycles. The van der Waals surface area contributed by atoms with Gasteiger partial charge in [0.15, 0.2) is 5.96 Å². The molecule has 2 aromatic rings. The number of halogens is 1. The highest BCUT2D eigenvalue weighted by Crippen LogP contribution is 2.01. The van der Waals surface area contributed by atoms with Crippen LogP contribution in [0, 0.1) is 0 Å². The topological polar surface area (TPSA) is 78.7 Å². The Bertz CT molecular complexity index is 630. The molecule has 0 bridgehead atoms. The van der Waals surface area contributed by atoms with Gasteiger partial charge in [-0.2, -0.15) is 0 Å². The van der Waals surface area contributed by atoms with E-state index < -0.39 is 0 Å². The molecular weight excluding hydrogens is 431 g/mol. The quantitative estimate of drug-likeness (QED) is 0.324. The highest BCUT2D eigenvalue weighted by molar-refractivity contribution is 14.0. The Morgan fingerprint density at radius 3 is 2.56 bits per heavy atom. The van der Waals surface area contributed by atoms with E-state index in [1.54, 1.807) is 6.26 Å². The van der Waals surface area contributed by atoms with Crippen LogP contribution in [0.15, 0.2) is 58.1 Å². The monoisotopic (exact) mass is 456 g/mol. The van der Waals surface area contributed by atoms with Crippen molar-refractivity contribution in [2.24, 2.45) is 4.99 Å². The van der Waals surface area contributed by atoms with Crippen molar-refractivity contribution < 1.29 is 9.21 Å². The number of nitrogens with zero attached hydrogens (tertiary/aromatic N) is 1. The molecular formula is C18H25IN4O2. The van der Waals surface area contributed by atoms with Crippen molar-refractivity contribution in [3.8, 4) is 0 Å². The lowest BCUT2D eigenvalue weighted by Gasteiger charge is -2.11. The van der Waals surface area contributed by atoms with E-state index in [0.29, 0.717) is 32.0 Å². The van der Waals surface area contributed by atoms with E-state index >= 15 is 0 Å². The minimum absolute atomic E-state index is 0. The molecule has 0 atom stereocenters. The number of carbonyl (C=O) groups is 1. The third-order valence-electron chi connectivity index (χ3n) is 3.29. The summed E-state index contributed by atoms with van der Waals surface area (Å²) in [5.74, 6) is 1.48. The zero-order valence-electron chi connectivity index (χ0n) is 14.3. The van der Waals surface area contributed by atoms with Crippen LogP contribution >= 0.6 is 24.0 Å². The van der Waals surface area contributed by atoms with E-state index in [1.807, 2.05) is 49.4 Å². The average molecular weight is 456 g/mol. The predicted molar refractivity (Wildman–Crippen MR) is 110 cm³/mol. The van der Waals surface area contributed by atoms with Crippen molar-refractivity contribution in [3.63, 3.8) is 0 Å². The fraction of sp³-hybridized carbons (Fsp3) is 0.333. The van der Waals surface area contributed by atoms with Crippen molar-refractivity contribution in [1.29, 1.82) is 0 Å². The lowest BCUT2D eigenvalue weighted by atomic mass is 10.2. The lowest BCUT2D eigenvalue weighted by Crippen LogP contribution is -2.39. The molecule has 1 amide bonds. The second kappa shape index (κ2) is 12.3. The van der Waals surface area contributed by atoms with Crippen LogP contribution in [-0.4, -0.2) is 25.0 Å². The first-order chi connectivity index (χ1) is 11.8. The molecule has 0 aliphatic rings. The summed E-state index contributed by atoms with van der Waals surface area (Å²) in [6.07, 6.45) is 2.01. The van der Waals surface area contributed by atoms with Gasteiger partial charge in [0.25, 0.3) is 0 Å². The van der Waals surface area contributed by atoms with Crippen molar-refractivity contribution in [3.05, 3.63) is 60.1 Å². The minimum Gasteiger partial charge on any atom is -0.467 e.